The smallest absolute Gasteiger partial charge is 0.236 e. The summed E-state index contributed by atoms with van der Waals surface area (Å²) >= 11 is 0. The van der Waals surface area contributed by atoms with E-state index in [-0.39, 0.29) is 5.91 Å². The lowest BCUT2D eigenvalue weighted by Crippen LogP contribution is -2.42. The summed E-state index contributed by atoms with van der Waals surface area (Å²) in [6.45, 7) is 5.15. The van der Waals surface area contributed by atoms with Crippen molar-refractivity contribution in [1.82, 2.24) is 10.2 Å². The molecule has 0 radical (unpaired) electrons. The van der Waals surface area contributed by atoms with E-state index in [1.807, 2.05) is 4.90 Å². The number of methoxy groups -OCH3 is 1. The van der Waals surface area contributed by atoms with Crippen molar-refractivity contribution >= 4 is 5.91 Å². The lowest BCUT2D eigenvalue weighted by molar-refractivity contribution is -0.129. The first kappa shape index (κ1) is 13.5. The van der Waals surface area contributed by atoms with Gasteiger partial charge in [0.25, 0.3) is 0 Å². The Hall–Kier alpha value is -0.610. The van der Waals surface area contributed by atoms with Gasteiger partial charge in [-0.2, -0.15) is 0 Å². The molecule has 1 N–H and O–H groups in total. The molecule has 4 heteroatoms. The van der Waals surface area contributed by atoms with Gasteiger partial charge in [-0.25, -0.2) is 0 Å². The minimum Gasteiger partial charge on any atom is -0.383 e. The molecule has 0 aromatic rings. The number of nitrogens with one attached hydrogen (secondary N) is 1. The van der Waals surface area contributed by atoms with E-state index in [2.05, 4.69) is 12.2 Å². The number of carbonyl (C=O) groups is 1. The zero-order valence-electron chi connectivity index (χ0n) is 10.5. The van der Waals surface area contributed by atoms with Crippen LogP contribution in [0.4, 0.5) is 0 Å². The van der Waals surface area contributed by atoms with Gasteiger partial charge in [0.2, 0.25) is 5.91 Å². The Morgan fingerprint density at radius 1 is 1.44 bits per heavy atom. The SMILES string of the molecule is CCCC(COC)NCC(=O)N1CCCC1. The van der Waals surface area contributed by atoms with Crippen molar-refractivity contribution in [2.24, 2.45) is 0 Å². The summed E-state index contributed by atoms with van der Waals surface area (Å²) < 4.78 is 5.13. The predicted octanol–water partition coefficient (Wildman–Crippen LogP) is 1.01. The standard InChI is InChI=1S/C12H24N2O2/c1-3-6-11(10-16-2)13-9-12(15)14-7-4-5-8-14/h11,13H,3-10H2,1-2H3. The summed E-state index contributed by atoms with van der Waals surface area (Å²) in [6, 6.07) is 0.307. The predicted molar refractivity (Wildman–Crippen MR) is 64.4 cm³/mol. The van der Waals surface area contributed by atoms with E-state index in [0.717, 1.165) is 38.8 Å². The largest absolute Gasteiger partial charge is 0.383 e. The summed E-state index contributed by atoms with van der Waals surface area (Å²) in [5.41, 5.74) is 0. The Morgan fingerprint density at radius 3 is 2.69 bits per heavy atom. The highest BCUT2D eigenvalue weighted by Gasteiger charge is 2.18. The average molecular weight is 228 g/mol. The van der Waals surface area contributed by atoms with Gasteiger partial charge in [-0.05, 0) is 19.3 Å². The second-order valence-electron chi connectivity index (χ2n) is 4.41. The second-order valence-corrected chi connectivity index (χ2v) is 4.41. The van der Waals surface area contributed by atoms with Crippen molar-refractivity contribution < 1.29 is 9.53 Å². The first-order chi connectivity index (χ1) is 7.77. The number of hydrogen-bond donors (Lipinski definition) is 1. The molecule has 0 saturated carbocycles. The van der Waals surface area contributed by atoms with Crippen molar-refractivity contribution in [3.8, 4) is 0 Å². The lowest BCUT2D eigenvalue weighted by Gasteiger charge is -2.20. The van der Waals surface area contributed by atoms with Crippen molar-refractivity contribution in [2.45, 2.75) is 38.6 Å². The molecular weight excluding hydrogens is 204 g/mol. The molecule has 0 bridgehead atoms. The van der Waals surface area contributed by atoms with Crippen LogP contribution < -0.4 is 5.32 Å². The van der Waals surface area contributed by atoms with Gasteiger partial charge in [-0.3, -0.25) is 4.79 Å². The van der Waals surface area contributed by atoms with E-state index in [0.29, 0.717) is 19.2 Å². The molecule has 0 aromatic carbocycles. The number of rotatable bonds is 7. The third-order valence-electron chi connectivity index (χ3n) is 3.01. The Balaban J connectivity index is 2.21. The van der Waals surface area contributed by atoms with E-state index in [1.165, 1.54) is 0 Å². The van der Waals surface area contributed by atoms with Crippen molar-refractivity contribution in [3.05, 3.63) is 0 Å². The summed E-state index contributed by atoms with van der Waals surface area (Å²) in [5.74, 6) is 0.231. The van der Waals surface area contributed by atoms with Crippen LogP contribution in [0.25, 0.3) is 0 Å². The Kier molecular flexibility index (Phi) is 6.42. The molecule has 0 aromatic heterocycles. The molecule has 1 amide bonds. The van der Waals surface area contributed by atoms with Crippen molar-refractivity contribution in [1.29, 1.82) is 0 Å². The van der Waals surface area contributed by atoms with Crippen LogP contribution >= 0.6 is 0 Å². The normalized spacial score (nSPS) is 17.8. The molecule has 94 valence electrons. The molecule has 1 heterocycles. The van der Waals surface area contributed by atoms with Gasteiger partial charge in [0.1, 0.15) is 0 Å². The minimum atomic E-state index is 0.231. The highest BCUT2D eigenvalue weighted by Crippen LogP contribution is 2.07. The fourth-order valence-corrected chi connectivity index (χ4v) is 2.10. The molecule has 4 nitrogen and oxygen atoms in total. The molecule has 16 heavy (non-hydrogen) atoms. The maximum absolute atomic E-state index is 11.8. The van der Waals surface area contributed by atoms with Gasteiger partial charge in [-0.1, -0.05) is 13.3 Å². The topological polar surface area (TPSA) is 41.6 Å². The first-order valence-corrected chi connectivity index (χ1v) is 6.28. The summed E-state index contributed by atoms with van der Waals surface area (Å²) in [7, 11) is 1.70. The molecule has 1 aliphatic rings. The first-order valence-electron chi connectivity index (χ1n) is 6.28. The van der Waals surface area contributed by atoms with Crippen LogP contribution in [0.2, 0.25) is 0 Å². The summed E-state index contributed by atoms with van der Waals surface area (Å²) in [6.07, 6.45) is 4.48. The van der Waals surface area contributed by atoms with E-state index < -0.39 is 0 Å². The number of likely N-dealkylation sites (tertiary alicyclic amines) is 1. The van der Waals surface area contributed by atoms with Gasteiger partial charge >= 0.3 is 0 Å². The second kappa shape index (κ2) is 7.63. The molecule has 1 unspecified atom stereocenters. The number of amides is 1. The fourth-order valence-electron chi connectivity index (χ4n) is 2.10. The monoisotopic (exact) mass is 228 g/mol. The maximum atomic E-state index is 11.8. The van der Waals surface area contributed by atoms with Gasteiger partial charge in [0.05, 0.1) is 13.2 Å². The molecule has 1 fully saturated rings. The Labute approximate surface area is 98.3 Å². The van der Waals surface area contributed by atoms with Gasteiger partial charge in [0.15, 0.2) is 0 Å². The molecule has 1 atom stereocenters. The summed E-state index contributed by atoms with van der Waals surface area (Å²) in [5, 5.41) is 3.28. The zero-order valence-corrected chi connectivity index (χ0v) is 10.5. The molecule has 0 aliphatic carbocycles. The minimum absolute atomic E-state index is 0.231. The number of carbonyl (C=O) groups excluding carboxylic acids is 1. The number of nitrogens with zero attached hydrogens (tertiary/aromatic N) is 1. The zero-order chi connectivity index (χ0) is 11.8. The third kappa shape index (κ3) is 4.49. The third-order valence-corrected chi connectivity index (χ3v) is 3.01. The van der Waals surface area contributed by atoms with E-state index >= 15 is 0 Å². The quantitative estimate of drug-likeness (QED) is 0.707. The van der Waals surface area contributed by atoms with Crippen molar-refractivity contribution in [3.63, 3.8) is 0 Å². The summed E-state index contributed by atoms with van der Waals surface area (Å²) in [4.78, 5) is 13.7. The lowest BCUT2D eigenvalue weighted by atomic mass is 10.2. The molecule has 1 saturated heterocycles. The highest BCUT2D eigenvalue weighted by molar-refractivity contribution is 5.78. The highest BCUT2D eigenvalue weighted by atomic mass is 16.5. The van der Waals surface area contributed by atoms with Crippen LogP contribution in [0, 0.1) is 0 Å². The number of hydrogen-bond acceptors (Lipinski definition) is 3. The fraction of sp³-hybridized carbons (Fsp3) is 0.917. The van der Waals surface area contributed by atoms with Crippen LogP contribution in [-0.4, -0.2) is 50.2 Å². The van der Waals surface area contributed by atoms with E-state index in [1.54, 1.807) is 7.11 Å². The van der Waals surface area contributed by atoms with Crippen LogP contribution in [0.3, 0.4) is 0 Å². The molecular formula is C12H24N2O2. The maximum Gasteiger partial charge on any atom is 0.236 e. The van der Waals surface area contributed by atoms with Crippen LogP contribution in [-0.2, 0) is 9.53 Å². The van der Waals surface area contributed by atoms with E-state index in [9.17, 15) is 4.79 Å². The average Bonchev–Trinajstić information content (AvgIpc) is 2.79. The molecule has 0 spiro atoms. The Morgan fingerprint density at radius 2 is 2.12 bits per heavy atom. The van der Waals surface area contributed by atoms with Gasteiger partial charge in [-0.15, -0.1) is 0 Å². The van der Waals surface area contributed by atoms with E-state index in [4.69, 9.17) is 4.74 Å². The molecule has 1 aliphatic heterocycles. The number of ether oxygens (including phenoxy) is 1. The van der Waals surface area contributed by atoms with Crippen molar-refractivity contribution in [2.75, 3.05) is 33.4 Å². The van der Waals surface area contributed by atoms with Crippen LogP contribution in [0.15, 0.2) is 0 Å². The van der Waals surface area contributed by atoms with Crippen LogP contribution in [0.5, 0.6) is 0 Å². The Bertz CT molecular complexity index is 197. The molecule has 1 rings (SSSR count). The van der Waals surface area contributed by atoms with Gasteiger partial charge < -0.3 is 15.0 Å². The van der Waals surface area contributed by atoms with Gasteiger partial charge in [0, 0.05) is 26.2 Å². The van der Waals surface area contributed by atoms with Crippen LogP contribution in [0.1, 0.15) is 32.6 Å².